The smallest absolute Gasteiger partial charge is 0.236 e. The van der Waals surface area contributed by atoms with E-state index in [9.17, 15) is 4.79 Å². The number of nitrogens with one attached hydrogen (secondary N) is 1. The topological polar surface area (TPSA) is 32.3 Å². The van der Waals surface area contributed by atoms with Crippen LogP contribution in [-0.2, 0) is 4.79 Å². The molecule has 3 nitrogen and oxygen atoms in total. The summed E-state index contributed by atoms with van der Waals surface area (Å²) < 4.78 is -0.446. The van der Waals surface area contributed by atoms with Crippen LogP contribution in [0.25, 0.3) is 0 Å². The van der Waals surface area contributed by atoms with E-state index in [0.717, 1.165) is 19.5 Å². The zero-order valence-corrected chi connectivity index (χ0v) is 12.0. The Bertz CT molecular complexity index is 220. The minimum Gasteiger partial charge on any atom is -0.355 e. The fourth-order valence-electron chi connectivity index (χ4n) is 1.90. The summed E-state index contributed by atoms with van der Waals surface area (Å²) in [6, 6.07) is 0. The third kappa shape index (κ3) is 5.30. The molecule has 0 spiro atoms. The zero-order valence-electron chi connectivity index (χ0n) is 10.4. The largest absolute Gasteiger partial charge is 0.355 e. The minimum absolute atomic E-state index is 0.0751. The van der Waals surface area contributed by atoms with E-state index in [-0.39, 0.29) is 5.91 Å². The van der Waals surface area contributed by atoms with Crippen LogP contribution in [0.2, 0.25) is 0 Å². The van der Waals surface area contributed by atoms with Gasteiger partial charge in [0, 0.05) is 6.54 Å². The van der Waals surface area contributed by atoms with Crippen LogP contribution in [0.4, 0.5) is 0 Å². The molecule has 0 atom stereocenters. The molecule has 0 aromatic carbocycles. The van der Waals surface area contributed by atoms with Gasteiger partial charge in [-0.2, -0.15) is 0 Å². The van der Waals surface area contributed by atoms with E-state index in [2.05, 4.69) is 26.1 Å². The van der Waals surface area contributed by atoms with Crippen LogP contribution < -0.4 is 5.32 Å². The average Bonchev–Trinajstić information content (AvgIpc) is 2.24. The maximum absolute atomic E-state index is 11.5. The Morgan fingerprint density at radius 1 is 1.31 bits per heavy atom. The Balaban J connectivity index is 2.05. The molecule has 1 saturated heterocycles. The standard InChI is InChI=1S/C12H23BrN2O/c1-12(2,13)11(16)14-7-6-10-15-8-4-3-5-9-15/h3-10H2,1-2H3,(H,14,16). The summed E-state index contributed by atoms with van der Waals surface area (Å²) in [6.45, 7) is 8.10. The highest BCUT2D eigenvalue weighted by Gasteiger charge is 2.22. The van der Waals surface area contributed by atoms with Gasteiger partial charge in [0.15, 0.2) is 0 Å². The van der Waals surface area contributed by atoms with Gasteiger partial charge in [0.25, 0.3) is 0 Å². The highest BCUT2D eigenvalue weighted by molar-refractivity contribution is 9.10. The summed E-state index contributed by atoms with van der Waals surface area (Å²) in [4.78, 5) is 14.0. The summed E-state index contributed by atoms with van der Waals surface area (Å²) in [5, 5.41) is 2.95. The summed E-state index contributed by atoms with van der Waals surface area (Å²) in [6.07, 6.45) is 5.10. The first-order valence-electron chi connectivity index (χ1n) is 6.20. The highest BCUT2D eigenvalue weighted by atomic mass is 79.9. The van der Waals surface area contributed by atoms with Gasteiger partial charge >= 0.3 is 0 Å². The van der Waals surface area contributed by atoms with Crippen molar-refractivity contribution >= 4 is 21.8 Å². The second-order valence-electron chi connectivity index (χ2n) is 4.98. The van der Waals surface area contributed by atoms with Crippen molar-refractivity contribution in [1.82, 2.24) is 10.2 Å². The summed E-state index contributed by atoms with van der Waals surface area (Å²) >= 11 is 3.35. The Morgan fingerprint density at radius 3 is 2.50 bits per heavy atom. The second-order valence-corrected chi connectivity index (χ2v) is 6.97. The van der Waals surface area contributed by atoms with E-state index in [1.165, 1.54) is 32.4 Å². The molecule has 0 unspecified atom stereocenters. The number of carbonyl (C=O) groups excluding carboxylic acids is 1. The van der Waals surface area contributed by atoms with Crippen molar-refractivity contribution < 1.29 is 4.79 Å². The summed E-state index contributed by atoms with van der Waals surface area (Å²) in [5.74, 6) is 0.0751. The molecule has 0 aliphatic carbocycles. The molecule has 1 N–H and O–H groups in total. The molecule has 1 amide bonds. The Kier molecular flexibility index (Phi) is 5.76. The predicted octanol–water partition coefficient (Wildman–Crippen LogP) is 2.15. The molecule has 94 valence electrons. The number of halogens is 1. The average molecular weight is 291 g/mol. The van der Waals surface area contributed by atoms with Gasteiger partial charge in [-0.25, -0.2) is 0 Å². The van der Waals surface area contributed by atoms with Gasteiger partial charge in [-0.3, -0.25) is 4.79 Å². The van der Waals surface area contributed by atoms with Gasteiger partial charge in [0.05, 0.1) is 4.32 Å². The van der Waals surface area contributed by atoms with Crippen LogP contribution in [0.5, 0.6) is 0 Å². The van der Waals surface area contributed by atoms with E-state index in [0.29, 0.717) is 0 Å². The maximum atomic E-state index is 11.5. The SMILES string of the molecule is CC(C)(Br)C(=O)NCCCN1CCCCC1. The lowest BCUT2D eigenvalue weighted by Gasteiger charge is -2.26. The Labute approximate surface area is 107 Å². The van der Waals surface area contributed by atoms with E-state index in [1.807, 2.05) is 13.8 Å². The third-order valence-corrected chi connectivity index (χ3v) is 3.29. The van der Waals surface area contributed by atoms with Crippen LogP contribution in [0.3, 0.4) is 0 Å². The highest BCUT2D eigenvalue weighted by Crippen LogP contribution is 2.15. The van der Waals surface area contributed by atoms with Gasteiger partial charge < -0.3 is 10.2 Å². The van der Waals surface area contributed by atoms with Crippen LogP contribution in [0.15, 0.2) is 0 Å². The molecule has 1 aliphatic rings. The molecule has 0 radical (unpaired) electrons. The number of likely N-dealkylation sites (tertiary alicyclic amines) is 1. The number of hydrogen-bond acceptors (Lipinski definition) is 2. The third-order valence-electron chi connectivity index (χ3n) is 2.93. The van der Waals surface area contributed by atoms with E-state index < -0.39 is 4.32 Å². The van der Waals surface area contributed by atoms with Crippen LogP contribution >= 0.6 is 15.9 Å². The molecule has 1 aliphatic heterocycles. The summed E-state index contributed by atoms with van der Waals surface area (Å²) in [7, 11) is 0. The molecule has 0 aromatic heterocycles. The van der Waals surface area contributed by atoms with E-state index >= 15 is 0 Å². The molecule has 1 fully saturated rings. The van der Waals surface area contributed by atoms with Gasteiger partial charge in [-0.1, -0.05) is 22.4 Å². The molecule has 0 aromatic rings. The van der Waals surface area contributed by atoms with Crippen molar-refractivity contribution in [1.29, 1.82) is 0 Å². The molecular weight excluding hydrogens is 268 g/mol. The van der Waals surface area contributed by atoms with Gasteiger partial charge in [0.2, 0.25) is 5.91 Å². The van der Waals surface area contributed by atoms with Gasteiger partial charge in [0.1, 0.15) is 0 Å². The molecule has 0 bridgehead atoms. The number of alkyl halides is 1. The number of rotatable bonds is 5. The molecule has 16 heavy (non-hydrogen) atoms. The fraction of sp³-hybridized carbons (Fsp3) is 0.917. The van der Waals surface area contributed by atoms with E-state index in [1.54, 1.807) is 0 Å². The van der Waals surface area contributed by atoms with Crippen LogP contribution in [-0.4, -0.2) is 41.3 Å². The quantitative estimate of drug-likeness (QED) is 0.622. The maximum Gasteiger partial charge on any atom is 0.236 e. The van der Waals surface area contributed by atoms with Gasteiger partial charge in [-0.15, -0.1) is 0 Å². The molecule has 0 saturated carbocycles. The molecule has 1 rings (SSSR count). The lowest BCUT2D eigenvalue weighted by atomic mass is 10.1. The first-order chi connectivity index (χ1) is 7.50. The predicted molar refractivity (Wildman–Crippen MR) is 70.9 cm³/mol. The summed E-state index contributed by atoms with van der Waals surface area (Å²) in [5.41, 5.74) is 0. The number of nitrogens with zero attached hydrogens (tertiary/aromatic N) is 1. The van der Waals surface area contributed by atoms with Crippen molar-refractivity contribution in [3.8, 4) is 0 Å². The normalized spacial score (nSPS) is 18.4. The lowest BCUT2D eigenvalue weighted by molar-refractivity contribution is -0.122. The Hall–Kier alpha value is -0.0900. The molecule has 1 heterocycles. The van der Waals surface area contributed by atoms with Crippen molar-refractivity contribution in [3.63, 3.8) is 0 Å². The number of piperidine rings is 1. The lowest BCUT2D eigenvalue weighted by Crippen LogP contribution is -2.39. The monoisotopic (exact) mass is 290 g/mol. The fourth-order valence-corrected chi connectivity index (χ4v) is 2.04. The minimum atomic E-state index is -0.446. The number of amides is 1. The van der Waals surface area contributed by atoms with Crippen molar-refractivity contribution in [2.24, 2.45) is 0 Å². The van der Waals surface area contributed by atoms with Crippen LogP contribution in [0.1, 0.15) is 39.5 Å². The zero-order chi connectivity index (χ0) is 12.0. The van der Waals surface area contributed by atoms with Crippen molar-refractivity contribution in [3.05, 3.63) is 0 Å². The van der Waals surface area contributed by atoms with Gasteiger partial charge in [-0.05, 0) is 52.7 Å². The Morgan fingerprint density at radius 2 is 1.94 bits per heavy atom. The second kappa shape index (κ2) is 6.60. The first-order valence-corrected chi connectivity index (χ1v) is 6.99. The van der Waals surface area contributed by atoms with E-state index in [4.69, 9.17) is 0 Å². The van der Waals surface area contributed by atoms with Crippen LogP contribution in [0, 0.1) is 0 Å². The number of carbonyl (C=O) groups is 1. The molecular formula is C12H23BrN2O. The number of hydrogen-bond donors (Lipinski definition) is 1. The van der Waals surface area contributed by atoms with Crippen molar-refractivity contribution in [2.45, 2.75) is 43.9 Å². The molecule has 4 heteroatoms. The first kappa shape index (κ1) is 14.0. The van der Waals surface area contributed by atoms with Crippen molar-refractivity contribution in [2.75, 3.05) is 26.2 Å².